The predicted molar refractivity (Wildman–Crippen MR) is 160 cm³/mol. The molecule has 9 nitrogen and oxygen atoms in total. The Bertz CT molecular complexity index is 1170. The summed E-state index contributed by atoms with van der Waals surface area (Å²) in [6.07, 6.45) is 4.93. The zero-order chi connectivity index (χ0) is 29.9. The van der Waals surface area contributed by atoms with Gasteiger partial charge in [0.05, 0.1) is 5.56 Å². The lowest BCUT2D eigenvalue weighted by Gasteiger charge is -2.53. The van der Waals surface area contributed by atoms with Crippen molar-refractivity contribution in [2.45, 2.75) is 78.9 Å². The van der Waals surface area contributed by atoms with E-state index in [1.54, 1.807) is 4.90 Å². The minimum absolute atomic E-state index is 0.0570. The molecule has 10 heteroatoms. The van der Waals surface area contributed by atoms with Crippen LogP contribution < -0.4 is 9.64 Å². The van der Waals surface area contributed by atoms with Crippen molar-refractivity contribution in [3.8, 4) is 11.6 Å². The van der Waals surface area contributed by atoms with Gasteiger partial charge in [0.2, 0.25) is 0 Å². The van der Waals surface area contributed by atoms with Gasteiger partial charge in [-0.2, -0.15) is 0 Å². The average molecular weight is 570 g/mol. The summed E-state index contributed by atoms with van der Waals surface area (Å²) in [4.78, 5) is 26.9. The maximum Gasteiger partial charge on any atom is 0.282 e. The van der Waals surface area contributed by atoms with Crippen LogP contribution in [0.5, 0.6) is 11.6 Å². The van der Waals surface area contributed by atoms with Crippen LogP contribution in [0.2, 0.25) is 0 Å². The Morgan fingerprint density at radius 1 is 1.10 bits per heavy atom. The number of benzene rings is 1. The second kappa shape index (κ2) is 13.0. The van der Waals surface area contributed by atoms with Gasteiger partial charge in [-0.15, -0.1) is 10.2 Å². The Balaban J connectivity index is 1.48. The second-order valence-electron chi connectivity index (χ2n) is 13.1. The van der Waals surface area contributed by atoms with Crippen LogP contribution in [0.15, 0.2) is 24.5 Å². The summed E-state index contributed by atoms with van der Waals surface area (Å²) in [5, 5.41) is 8.22. The number of hydrogen-bond acceptors (Lipinski definition) is 8. The Morgan fingerprint density at radius 3 is 2.44 bits per heavy atom. The van der Waals surface area contributed by atoms with E-state index in [9.17, 15) is 9.18 Å². The summed E-state index contributed by atoms with van der Waals surface area (Å²) in [6.45, 7) is 17.4. The molecule has 2 saturated heterocycles. The fourth-order valence-electron chi connectivity index (χ4n) is 6.59. The molecule has 3 heterocycles. The largest absolute Gasteiger partial charge is 0.434 e. The molecule has 2 aliphatic rings. The smallest absolute Gasteiger partial charge is 0.282 e. The van der Waals surface area contributed by atoms with Crippen LogP contribution in [0.1, 0.15) is 71.2 Å². The predicted octanol–water partition coefficient (Wildman–Crippen LogP) is 4.94. The van der Waals surface area contributed by atoms with E-state index in [0.717, 1.165) is 39.1 Å². The zero-order valence-corrected chi connectivity index (χ0v) is 26.1. The number of ether oxygens (including phenoxy) is 1. The van der Waals surface area contributed by atoms with Crippen molar-refractivity contribution in [3.05, 3.63) is 35.9 Å². The van der Waals surface area contributed by atoms with Gasteiger partial charge in [-0.3, -0.25) is 9.69 Å². The van der Waals surface area contributed by atoms with E-state index in [2.05, 4.69) is 57.8 Å². The van der Waals surface area contributed by atoms with Gasteiger partial charge in [0, 0.05) is 49.7 Å². The molecule has 4 rings (SSSR count). The van der Waals surface area contributed by atoms with Crippen molar-refractivity contribution in [3.63, 3.8) is 0 Å². The highest BCUT2D eigenvalue weighted by Gasteiger charge is 2.50. The number of nitrogens with zero attached hydrogens (tertiary/aromatic N) is 7. The first kappa shape index (κ1) is 31.1. The zero-order valence-electron chi connectivity index (χ0n) is 26.1. The van der Waals surface area contributed by atoms with Crippen molar-refractivity contribution in [1.29, 1.82) is 0 Å². The summed E-state index contributed by atoms with van der Waals surface area (Å²) >= 11 is 0. The number of hydrogen-bond donors (Lipinski definition) is 0. The summed E-state index contributed by atoms with van der Waals surface area (Å²) in [5.74, 6) is 0.909. The Labute approximate surface area is 245 Å². The Morgan fingerprint density at radius 2 is 1.80 bits per heavy atom. The van der Waals surface area contributed by atoms with Crippen LogP contribution in [0.4, 0.5) is 10.2 Å². The number of anilines is 1. The number of aromatic nitrogens is 3. The topological polar surface area (TPSA) is 77.9 Å². The molecule has 1 amide bonds. The number of rotatable bonds is 12. The van der Waals surface area contributed by atoms with Crippen LogP contribution >= 0.6 is 0 Å². The minimum Gasteiger partial charge on any atom is -0.434 e. The van der Waals surface area contributed by atoms with Gasteiger partial charge in [0.1, 0.15) is 17.9 Å². The van der Waals surface area contributed by atoms with E-state index in [1.165, 1.54) is 37.4 Å². The van der Waals surface area contributed by atoms with Gasteiger partial charge in [-0.1, -0.05) is 13.8 Å². The van der Waals surface area contributed by atoms with Gasteiger partial charge >= 0.3 is 0 Å². The molecule has 1 atom stereocenters. The molecule has 0 radical (unpaired) electrons. The SMILES string of the molecule is CC(C)C(CCCN(C)C)N1CC2(CCN(c3ncnnc3Oc3ccc(F)cc3C(=O)N(C(C)C)C(C)C)C2)C1. The first-order valence-electron chi connectivity index (χ1n) is 15.0. The quantitative estimate of drug-likeness (QED) is 0.356. The number of amides is 1. The Kier molecular flexibility index (Phi) is 9.85. The van der Waals surface area contributed by atoms with Crippen molar-refractivity contribution >= 4 is 11.7 Å². The Hall–Kier alpha value is -2.85. The molecule has 1 aromatic carbocycles. The summed E-state index contributed by atoms with van der Waals surface area (Å²) < 4.78 is 20.5. The van der Waals surface area contributed by atoms with E-state index in [1.807, 2.05) is 27.7 Å². The lowest BCUT2D eigenvalue weighted by atomic mass is 9.76. The van der Waals surface area contributed by atoms with Crippen LogP contribution in [-0.4, -0.2) is 101 Å². The van der Waals surface area contributed by atoms with Crippen LogP contribution in [-0.2, 0) is 0 Å². The third-order valence-corrected chi connectivity index (χ3v) is 8.46. The summed E-state index contributed by atoms with van der Waals surface area (Å²) in [7, 11) is 4.27. The van der Waals surface area contributed by atoms with Crippen LogP contribution in [0, 0.1) is 17.2 Å². The highest BCUT2D eigenvalue weighted by molar-refractivity contribution is 5.97. The lowest BCUT2D eigenvalue weighted by molar-refractivity contribution is -0.0343. The minimum atomic E-state index is -0.497. The molecule has 2 aromatic rings. The van der Waals surface area contributed by atoms with E-state index >= 15 is 0 Å². The van der Waals surface area contributed by atoms with E-state index in [4.69, 9.17) is 4.74 Å². The molecule has 1 unspecified atom stereocenters. The summed E-state index contributed by atoms with van der Waals surface area (Å²) in [6, 6.07) is 4.49. The first-order valence-corrected chi connectivity index (χ1v) is 15.0. The van der Waals surface area contributed by atoms with Gasteiger partial charge < -0.3 is 19.4 Å². The van der Waals surface area contributed by atoms with Crippen molar-refractivity contribution in [2.24, 2.45) is 11.3 Å². The molecule has 1 spiro atoms. The molecule has 41 heavy (non-hydrogen) atoms. The third-order valence-electron chi connectivity index (χ3n) is 8.46. The fraction of sp³-hybridized carbons (Fsp3) is 0.677. The molecule has 1 aromatic heterocycles. The molecule has 2 aliphatic heterocycles. The summed E-state index contributed by atoms with van der Waals surface area (Å²) in [5.41, 5.74) is 0.383. The lowest BCUT2D eigenvalue weighted by Crippen LogP contribution is -2.62. The molecule has 0 saturated carbocycles. The van der Waals surface area contributed by atoms with E-state index in [0.29, 0.717) is 17.8 Å². The second-order valence-corrected chi connectivity index (χ2v) is 13.1. The molecule has 0 aliphatic carbocycles. The standard InChI is InChI=1S/C31H48FN7O2/c1-21(2)26(10-9-14-36(7)8)38-18-31(19-38)13-15-37(17-31)28-29(35-34-20-33-28)41-27-12-11-24(32)16-25(27)30(40)39(22(3)4)23(5)6/h11-12,16,20-23,26H,9-10,13-15,17-19H2,1-8H3. The van der Waals surface area contributed by atoms with E-state index < -0.39 is 5.82 Å². The molecule has 2 fully saturated rings. The normalized spacial score (nSPS) is 17.6. The number of carbonyl (C=O) groups is 1. The molecular formula is C31H48FN7O2. The maximum absolute atomic E-state index is 14.3. The van der Waals surface area contributed by atoms with Crippen molar-refractivity contribution in [1.82, 2.24) is 29.9 Å². The fourth-order valence-corrected chi connectivity index (χ4v) is 6.59. The van der Waals surface area contributed by atoms with Gasteiger partial charge in [-0.05, 0) is 91.7 Å². The van der Waals surface area contributed by atoms with Gasteiger partial charge in [0.15, 0.2) is 5.82 Å². The maximum atomic E-state index is 14.3. The van der Waals surface area contributed by atoms with Crippen molar-refractivity contribution < 1.29 is 13.9 Å². The molecule has 0 N–H and O–H groups in total. The monoisotopic (exact) mass is 569 g/mol. The average Bonchev–Trinajstić information content (AvgIpc) is 3.32. The highest BCUT2D eigenvalue weighted by atomic mass is 19.1. The van der Waals surface area contributed by atoms with E-state index in [-0.39, 0.29) is 40.6 Å². The number of halogens is 1. The first-order chi connectivity index (χ1) is 19.4. The van der Waals surface area contributed by atoms with Gasteiger partial charge in [-0.25, -0.2) is 9.37 Å². The number of carbonyl (C=O) groups excluding carboxylic acids is 1. The van der Waals surface area contributed by atoms with Crippen LogP contribution in [0.25, 0.3) is 0 Å². The van der Waals surface area contributed by atoms with Crippen molar-refractivity contribution in [2.75, 3.05) is 51.7 Å². The van der Waals surface area contributed by atoms with Gasteiger partial charge in [0.25, 0.3) is 11.8 Å². The molecule has 0 bridgehead atoms. The molecule has 226 valence electrons. The number of likely N-dealkylation sites (tertiary alicyclic amines) is 1. The molecular weight excluding hydrogens is 521 g/mol. The van der Waals surface area contributed by atoms with Crippen LogP contribution in [0.3, 0.4) is 0 Å². The highest BCUT2D eigenvalue weighted by Crippen LogP contribution is 2.44. The third kappa shape index (κ3) is 7.15.